The van der Waals surface area contributed by atoms with Gasteiger partial charge in [-0.3, -0.25) is 4.79 Å². The summed E-state index contributed by atoms with van der Waals surface area (Å²) in [5.41, 5.74) is 0.208. The van der Waals surface area contributed by atoms with Crippen LogP contribution in [0.5, 0.6) is 0 Å². The molecule has 1 aromatic rings. The summed E-state index contributed by atoms with van der Waals surface area (Å²) in [5, 5.41) is 20.3. The fraction of sp³-hybridized carbons (Fsp3) is 0.308. The Labute approximate surface area is 115 Å². The van der Waals surface area contributed by atoms with Crippen molar-refractivity contribution in [3.8, 4) is 6.07 Å². The molecule has 100 valence electrons. The second kappa shape index (κ2) is 6.76. The molecule has 0 spiro atoms. The van der Waals surface area contributed by atoms with E-state index in [1.165, 1.54) is 6.07 Å². The van der Waals surface area contributed by atoms with Crippen LogP contribution in [0.3, 0.4) is 0 Å². The van der Waals surface area contributed by atoms with E-state index < -0.39 is 23.8 Å². The van der Waals surface area contributed by atoms with Crippen molar-refractivity contribution in [2.45, 2.75) is 19.4 Å². The molecule has 0 aromatic heterocycles. The number of nitriles is 1. The lowest BCUT2D eigenvalue weighted by Crippen LogP contribution is -2.45. The Kier molecular flexibility index (Phi) is 5.34. The molecular formula is C13H13ClN2O3. The van der Waals surface area contributed by atoms with Gasteiger partial charge in [0, 0.05) is 12.3 Å². The number of carbonyl (C=O) groups is 2. The molecule has 0 aliphatic rings. The Morgan fingerprint density at radius 2 is 2.11 bits per heavy atom. The number of carboxylic acids is 1. The number of amides is 1. The molecule has 0 bridgehead atoms. The largest absolute Gasteiger partial charge is 0.480 e. The van der Waals surface area contributed by atoms with Crippen molar-refractivity contribution in [2.24, 2.45) is 5.92 Å². The number of carboxylic acid groups (broad SMARTS) is 1. The zero-order chi connectivity index (χ0) is 14.4. The third kappa shape index (κ3) is 3.97. The number of carbonyl (C=O) groups excluding carboxylic acids is 1. The fourth-order valence-electron chi connectivity index (χ4n) is 1.57. The highest BCUT2D eigenvalue weighted by Gasteiger charge is 2.27. The average molecular weight is 281 g/mol. The lowest BCUT2D eigenvalue weighted by Gasteiger charge is -2.19. The van der Waals surface area contributed by atoms with Crippen LogP contribution in [-0.4, -0.2) is 23.0 Å². The molecular weight excluding hydrogens is 268 g/mol. The summed E-state index contributed by atoms with van der Waals surface area (Å²) in [6, 6.07) is 7.12. The molecule has 1 rings (SSSR count). The summed E-state index contributed by atoms with van der Waals surface area (Å²) in [6.07, 6.45) is 0.0414. The van der Waals surface area contributed by atoms with Gasteiger partial charge in [0.1, 0.15) is 6.04 Å². The summed E-state index contributed by atoms with van der Waals surface area (Å²) in [4.78, 5) is 23.1. The Morgan fingerprint density at radius 3 is 2.63 bits per heavy atom. The van der Waals surface area contributed by atoms with Gasteiger partial charge in [-0.15, -0.1) is 0 Å². The summed E-state index contributed by atoms with van der Waals surface area (Å²) in [6.45, 7) is 1.59. The third-order valence-corrected chi connectivity index (χ3v) is 2.98. The van der Waals surface area contributed by atoms with E-state index in [4.69, 9.17) is 22.0 Å². The average Bonchev–Trinajstić information content (AvgIpc) is 2.36. The SMILES string of the molecule is C[C@@H](CC#N)[C@H](NC(=O)c1ccccc1Cl)C(=O)O. The number of rotatable bonds is 5. The van der Waals surface area contributed by atoms with Crippen LogP contribution in [0.2, 0.25) is 5.02 Å². The molecule has 19 heavy (non-hydrogen) atoms. The molecule has 0 heterocycles. The van der Waals surface area contributed by atoms with Crippen LogP contribution in [-0.2, 0) is 4.79 Å². The van der Waals surface area contributed by atoms with E-state index >= 15 is 0 Å². The lowest BCUT2D eigenvalue weighted by atomic mass is 9.98. The van der Waals surface area contributed by atoms with E-state index in [2.05, 4.69) is 5.32 Å². The van der Waals surface area contributed by atoms with Gasteiger partial charge in [0.05, 0.1) is 16.7 Å². The highest BCUT2D eigenvalue weighted by atomic mass is 35.5. The second-order valence-electron chi connectivity index (χ2n) is 4.11. The first kappa shape index (κ1) is 15.0. The molecule has 0 radical (unpaired) electrons. The zero-order valence-corrected chi connectivity index (χ0v) is 11.0. The van der Waals surface area contributed by atoms with Gasteiger partial charge in [0.25, 0.3) is 5.91 Å². The van der Waals surface area contributed by atoms with Gasteiger partial charge in [-0.05, 0) is 12.1 Å². The van der Waals surface area contributed by atoms with Crippen molar-refractivity contribution < 1.29 is 14.7 Å². The number of hydrogen-bond donors (Lipinski definition) is 2. The van der Waals surface area contributed by atoms with E-state index in [1.54, 1.807) is 25.1 Å². The van der Waals surface area contributed by atoms with Crippen LogP contribution < -0.4 is 5.32 Å². The lowest BCUT2D eigenvalue weighted by molar-refractivity contribution is -0.140. The first-order chi connectivity index (χ1) is 8.97. The Morgan fingerprint density at radius 1 is 1.47 bits per heavy atom. The Bertz CT molecular complexity index is 525. The van der Waals surface area contributed by atoms with Gasteiger partial charge in [0.15, 0.2) is 0 Å². The van der Waals surface area contributed by atoms with Gasteiger partial charge < -0.3 is 10.4 Å². The minimum Gasteiger partial charge on any atom is -0.480 e. The van der Waals surface area contributed by atoms with E-state index in [0.29, 0.717) is 0 Å². The highest BCUT2D eigenvalue weighted by Crippen LogP contribution is 2.16. The van der Waals surface area contributed by atoms with Gasteiger partial charge >= 0.3 is 5.97 Å². The number of aliphatic carboxylic acids is 1. The summed E-state index contributed by atoms with van der Waals surface area (Å²) < 4.78 is 0. The number of nitrogens with one attached hydrogen (secondary N) is 1. The number of halogens is 1. The van der Waals surface area contributed by atoms with Crippen LogP contribution in [0, 0.1) is 17.2 Å². The van der Waals surface area contributed by atoms with Crippen molar-refractivity contribution in [1.29, 1.82) is 5.26 Å². The van der Waals surface area contributed by atoms with Gasteiger partial charge in [-0.2, -0.15) is 5.26 Å². The Hall–Kier alpha value is -2.06. The zero-order valence-electron chi connectivity index (χ0n) is 10.3. The van der Waals surface area contributed by atoms with Crippen LogP contribution in [0.4, 0.5) is 0 Å². The first-order valence-electron chi connectivity index (χ1n) is 5.62. The summed E-state index contributed by atoms with van der Waals surface area (Å²) >= 11 is 5.86. The minimum atomic E-state index is -1.18. The van der Waals surface area contributed by atoms with Crippen molar-refractivity contribution in [1.82, 2.24) is 5.32 Å². The van der Waals surface area contributed by atoms with Crippen molar-refractivity contribution in [3.05, 3.63) is 34.9 Å². The first-order valence-corrected chi connectivity index (χ1v) is 6.00. The standard InChI is InChI=1S/C13H13ClN2O3/c1-8(6-7-15)11(13(18)19)16-12(17)9-4-2-3-5-10(9)14/h2-5,8,11H,6H2,1H3,(H,16,17)(H,18,19)/t8-,11-/m0/s1. The number of benzene rings is 1. The van der Waals surface area contributed by atoms with Gasteiger partial charge in [-0.1, -0.05) is 30.7 Å². The molecule has 5 nitrogen and oxygen atoms in total. The maximum absolute atomic E-state index is 11.9. The summed E-state index contributed by atoms with van der Waals surface area (Å²) in [7, 11) is 0. The Balaban J connectivity index is 2.87. The maximum Gasteiger partial charge on any atom is 0.326 e. The normalized spacial score (nSPS) is 13.1. The monoisotopic (exact) mass is 280 g/mol. The van der Waals surface area contributed by atoms with Crippen molar-refractivity contribution >= 4 is 23.5 Å². The molecule has 6 heteroatoms. The second-order valence-corrected chi connectivity index (χ2v) is 4.52. The number of nitrogens with zero attached hydrogens (tertiary/aromatic N) is 1. The number of hydrogen-bond acceptors (Lipinski definition) is 3. The molecule has 0 saturated heterocycles. The molecule has 1 aromatic carbocycles. The van der Waals surface area contributed by atoms with Crippen molar-refractivity contribution in [2.75, 3.05) is 0 Å². The maximum atomic E-state index is 11.9. The van der Waals surface area contributed by atoms with Crippen LogP contribution in [0.25, 0.3) is 0 Å². The third-order valence-electron chi connectivity index (χ3n) is 2.65. The van der Waals surface area contributed by atoms with Crippen LogP contribution >= 0.6 is 11.6 Å². The van der Waals surface area contributed by atoms with E-state index in [0.717, 1.165) is 0 Å². The molecule has 0 aliphatic carbocycles. The minimum absolute atomic E-state index is 0.0414. The molecule has 1 amide bonds. The molecule has 0 fully saturated rings. The summed E-state index contributed by atoms with van der Waals surface area (Å²) in [5.74, 6) is -2.24. The van der Waals surface area contributed by atoms with Gasteiger partial charge in [-0.25, -0.2) is 4.79 Å². The quantitative estimate of drug-likeness (QED) is 0.864. The van der Waals surface area contributed by atoms with E-state index in [-0.39, 0.29) is 17.0 Å². The predicted molar refractivity (Wildman–Crippen MR) is 69.7 cm³/mol. The highest BCUT2D eigenvalue weighted by molar-refractivity contribution is 6.33. The smallest absolute Gasteiger partial charge is 0.326 e. The van der Waals surface area contributed by atoms with E-state index in [1.807, 2.05) is 6.07 Å². The molecule has 0 unspecified atom stereocenters. The van der Waals surface area contributed by atoms with Crippen LogP contribution in [0.15, 0.2) is 24.3 Å². The molecule has 0 aliphatic heterocycles. The van der Waals surface area contributed by atoms with Crippen molar-refractivity contribution in [3.63, 3.8) is 0 Å². The molecule has 0 saturated carbocycles. The topological polar surface area (TPSA) is 90.2 Å². The van der Waals surface area contributed by atoms with Crippen LogP contribution in [0.1, 0.15) is 23.7 Å². The van der Waals surface area contributed by atoms with E-state index in [9.17, 15) is 9.59 Å². The molecule has 2 N–H and O–H groups in total. The fourth-order valence-corrected chi connectivity index (χ4v) is 1.80. The predicted octanol–water partition coefficient (Wildman–Crippen LogP) is 2.07. The molecule has 2 atom stereocenters. The van der Waals surface area contributed by atoms with Gasteiger partial charge in [0.2, 0.25) is 0 Å².